The van der Waals surface area contributed by atoms with Crippen LogP contribution < -0.4 is 20.8 Å². The third-order valence-electron chi connectivity index (χ3n) is 8.34. The van der Waals surface area contributed by atoms with Gasteiger partial charge in [0.1, 0.15) is 11.3 Å². The molecule has 0 unspecified atom stereocenters. The number of benzene rings is 1. The number of rotatable bonds is 7. The number of likely N-dealkylation sites (tertiary alicyclic amines) is 1. The molecule has 1 aliphatic carbocycles. The van der Waals surface area contributed by atoms with Gasteiger partial charge in [0, 0.05) is 67.5 Å². The van der Waals surface area contributed by atoms with E-state index in [4.69, 9.17) is 21.6 Å². The number of nitrogens with one attached hydrogen (secondary N) is 2. The van der Waals surface area contributed by atoms with E-state index in [0.717, 1.165) is 37.3 Å². The van der Waals surface area contributed by atoms with E-state index >= 15 is 4.39 Å². The normalized spacial score (nSPS) is 19.8. The second-order valence-corrected chi connectivity index (χ2v) is 11.5. The minimum absolute atomic E-state index is 0.0957. The lowest BCUT2D eigenvalue weighted by molar-refractivity contribution is -0.126. The number of carbonyl (C=O) groups excluding carboxylic acids is 1. The lowest BCUT2D eigenvalue weighted by Gasteiger charge is -2.36. The molecule has 0 atom stereocenters. The Morgan fingerprint density at radius 3 is 2.60 bits per heavy atom. The molecule has 9 nitrogen and oxygen atoms in total. The number of piperazine rings is 1. The van der Waals surface area contributed by atoms with Gasteiger partial charge in [-0.25, -0.2) is 9.37 Å². The minimum Gasteiger partial charge on any atom is -0.352 e. The Balaban J connectivity index is 1.39. The number of aromatic amines is 1. The molecule has 2 saturated heterocycles. The number of fused-ring (bicyclic) bond motifs is 1. The van der Waals surface area contributed by atoms with Gasteiger partial charge in [0.15, 0.2) is 5.82 Å². The molecule has 0 bridgehead atoms. The van der Waals surface area contributed by atoms with Gasteiger partial charge in [0.25, 0.3) is 0 Å². The van der Waals surface area contributed by atoms with Crippen molar-refractivity contribution < 1.29 is 9.18 Å². The third-order valence-corrected chi connectivity index (χ3v) is 8.66. The Morgan fingerprint density at radius 2 is 1.90 bits per heavy atom. The molecule has 3 aliphatic rings. The van der Waals surface area contributed by atoms with Crippen molar-refractivity contribution >= 4 is 52.3 Å². The Morgan fingerprint density at radius 1 is 1.14 bits per heavy atom. The average molecular weight is 591 g/mol. The zero-order valence-electron chi connectivity index (χ0n) is 23.8. The number of halogens is 2. The Hall–Kier alpha value is -3.76. The zero-order valence-corrected chi connectivity index (χ0v) is 24.6. The fraction of sp³-hybridized carbons (Fsp3) is 0.419. The number of amides is 1. The summed E-state index contributed by atoms with van der Waals surface area (Å²) in [5, 5.41) is 12.8. The number of piperidine rings is 1. The first kappa shape index (κ1) is 28.4. The van der Waals surface area contributed by atoms with Crippen LogP contribution in [0.2, 0.25) is 5.02 Å². The molecule has 0 spiro atoms. The molecule has 220 valence electrons. The SMILES string of the molecule is C=CC(=O)N1CCN(c2nc(NC3CCN(C4CC4)CC3)nc3c(F)c(\C=c4/cn[nH]/c4=C/C=C/C)c(Cl)cc23)CC1. The maximum absolute atomic E-state index is 16.4. The van der Waals surface area contributed by atoms with Crippen molar-refractivity contribution in [1.82, 2.24) is 30.0 Å². The third kappa shape index (κ3) is 5.91. The quantitative estimate of drug-likeness (QED) is 0.408. The highest BCUT2D eigenvalue weighted by Gasteiger charge is 2.32. The van der Waals surface area contributed by atoms with Crippen LogP contribution in [0.25, 0.3) is 23.1 Å². The number of H-pyrrole nitrogens is 1. The summed E-state index contributed by atoms with van der Waals surface area (Å²) < 4.78 is 16.4. The standard InChI is InChI=1S/C31H36ClFN8O/c1-3-5-6-26-20(19-34-38-26)17-23-25(32)18-24-29(28(23)33)36-31(35-21-9-11-39(12-10-21)22-7-8-22)37-30(24)41-15-13-40(14-16-41)27(42)4-2/h3-6,17-19,21-22,38H,2,7-16H2,1H3,(H,35,36,37)/b5-3+,20-17+,26-6+. The predicted octanol–water partition coefficient (Wildman–Crippen LogP) is 3.20. The number of carbonyl (C=O) groups is 1. The van der Waals surface area contributed by atoms with E-state index in [9.17, 15) is 4.79 Å². The van der Waals surface area contributed by atoms with Crippen molar-refractivity contribution in [2.75, 3.05) is 49.5 Å². The second kappa shape index (κ2) is 12.2. The first-order chi connectivity index (χ1) is 20.4. The number of anilines is 2. The maximum atomic E-state index is 16.4. The van der Waals surface area contributed by atoms with Crippen molar-refractivity contribution in [3.05, 3.63) is 64.0 Å². The molecule has 2 aliphatic heterocycles. The predicted molar refractivity (Wildman–Crippen MR) is 165 cm³/mol. The van der Waals surface area contributed by atoms with Crippen LogP contribution in [-0.4, -0.2) is 87.2 Å². The average Bonchev–Trinajstić information content (AvgIpc) is 3.77. The second-order valence-electron chi connectivity index (χ2n) is 11.1. The molecular formula is C31H36ClFN8O. The van der Waals surface area contributed by atoms with Crippen LogP contribution in [0.15, 0.2) is 37.1 Å². The van der Waals surface area contributed by atoms with Gasteiger partial charge < -0.3 is 20.0 Å². The van der Waals surface area contributed by atoms with Crippen LogP contribution >= 0.6 is 11.6 Å². The van der Waals surface area contributed by atoms with E-state index in [1.807, 2.05) is 25.2 Å². The van der Waals surface area contributed by atoms with Crippen LogP contribution in [-0.2, 0) is 4.79 Å². The molecule has 2 aromatic heterocycles. The molecule has 1 saturated carbocycles. The molecule has 42 heavy (non-hydrogen) atoms. The highest BCUT2D eigenvalue weighted by molar-refractivity contribution is 6.33. The van der Waals surface area contributed by atoms with Gasteiger partial charge in [-0.05, 0) is 56.9 Å². The summed E-state index contributed by atoms with van der Waals surface area (Å²) >= 11 is 6.73. The number of allylic oxidation sites excluding steroid dienone is 2. The summed E-state index contributed by atoms with van der Waals surface area (Å²) in [4.78, 5) is 28.2. The van der Waals surface area contributed by atoms with Crippen LogP contribution in [0.5, 0.6) is 0 Å². The van der Waals surface area contributed by atoms with Gasteiger partial charge in [-0.1, -0.05) is 30.3 Å². The molecule has 3 aromatic rings. The first-order valence-electron chi connectivity index (χ1n) is 14.7. The summed E-state index contributed by atoms with van der Waals surface area (Å²) in [5.41, 5.74) is 0.455. The molecule has 11 heteroatoms. The van der Waals surface area contributed by atoms with E-state index in [1.54, 1.807) is 23.2 Å². The first-order valence-corrected chi connectivity index (χ1v) is 15.0. The van der Waals surface area contributed by atoms with Crippen LogP contribution in [0, 0.1) is 5.82 Å². The fourth-order valence-corrected chi connectivity index (χ4v) is 6.08. The van der Waals surface area contributed by atoms with Crippen molar-refractivity contribution in [1.29, 1.82) is 0 Å². The van der Waals surface area contributed by atoms with E-state index in [0.29, 0.717) is 48.6 Å². The summed E-state index contributed by atoms with van der Waals surface area (Å²) in [7, 11) is 0. The van der Waals surface area contributed by atoms with Gasteiger partial charge in [-0.2, -0.15) is 10.1 Å². The highest BCUT2D eigenvalue weighted by Crippen LogP contribution is 2.35. The highest BCUT2D eigenvalue weighted by atomic mass is 35.5. The Bertz CT molecular complexity index is 1630. The van der Waals surface area contributed by atoms with Crippen molar-refractivity contribution in [2.45, 2.75) is 44.7 Å². The summed E-state index contributed by atoms with van der Waals surface area (Å²) in [5.74, 6) is 0.416. The van der Waals surface area contributed by atoms with Gasteiger partial charge in [-0.3, -0.25) is 9.89 Å². The van der Waals surface area contributed by atoms with Crippen molar-refractivity contribution in [3.8, 4) is 0 Å². The minimum atomic E-state index is -0.508. The van der Waals surface area contributed by atoms with E-state index < -0.39 is 5.82 Å². The van der Waals surface area contributed by atoms with Gasteiger partial charge in [-0.15, -0.1) is 0 Å². The number of hydrogen-bond acceptors (Lipinski definition) is 7. The van der Waals surface area contributed by atoms with E-state index in [2.05, 4.69) is 31.9 Å². The van der Waals surface area contributed by atoms with Gasteiger partial charge in [0.05, 0.1) is 16.6 Å². The van der Waals surface area contributed by atoms with Gasteiger partial charge in [0.2, 0.25) is 11.9 Å². The summed E-state index contributed by atoms with van der Waals surface area (Å²) in [6, 6.07) is 2.71. The smallest absolute Gasteiger partial charge is 0.246 e. The van der Waals surface area contributed by atoms with E-state index in [-0.39, 0.29) is 28.1 Å². The van der Waals surface area contributed by atoms with Crippen molar-refractivity contribution in [3.63, 3.8) is 0 Å². The Labute approximate surface area is 249 Å². The van der Waals surface area contributed by atoms with Crippen molar-refractivity contribution in [2.24, 2.45) is 0 Å². The zero-order chi connectivity index (χ0) is 29.2. The molecular weight excluding hydrogens is 555 g/mol. The number of nitrogens with zero attached hydrogens (tertiary/aromatic N) is 6. The largest absolute Gasteiger partial charge is 0.352 e. The molecule has 4 heterocycles. The molecule has 1 aromatic carbocycles. The van der Waals surface area contributed by atoms with Crippen LogP contribution in [0.1, 0.15) is 38.2 Å². The summed E-state index contributed by atoms with van der Waals surface area (Å²) in [6.07, 6.45) is 14.9. The fourth-order valence-electron chi connectivity index (χ4n) is 5.83. The molecule has 3 fully saturated rings. The lowest BCUT2D eigenvalue weighted by atomic mass is 10.1. The van der Waals surface area contributed by atoms with Gasteiger partial charge >= 0.3 is 0 Å². The maximum Gasteiger partial charge on any atom is 0.246 e. The summed E-state index contributed by atoms with van der Waals surface area (Å²) in [6.45, 7) is 9.76. The van der Waals surface area contributed by atoms with E-state index in [1.165, 1.54) is 18.9 Å². The molecule has 0 radical (unpaired) electrons. The molecule has 2 N–H and O–H groups in total. The topological polar surface area (TPSA) is 93.3 Å². The lowest BCUT2D eigenvalue weighted by Crippen LogP contribution is -2.48. The number of hydrogen-bond donors (Lipinski definition) is 2. The number of aromatic nitrogens is 4. The monoisotopic (exact) mass is 590 g/mol. The molecule has 6 rings (SSSR count). The van der Waals surface area contributed by atoms with Crippen LogP contribution in [0.4, 0.5) is 16.2 Å². The molecule has 1 amide bonds. The van der Waals surface area contributed by atoms with Crippen LogP contribution in [0.3, 0.4) is 0 Å². The Kier molecular flexibility index (Phi) is 8.26.